The van der Waals surface area contributed by atoms with Gasteiger partial charge in [0, 0.05) is 0 Å². The Morgan fingerprint density at radius 1 is 0.606 bits per heavy atom. The fraction of sp³-hybridized carbons (Fsp3) is 0.929. The average Bonchev–Trinajstić information content (AvgIpc) is 2.79. The largest absolute Gasteiger partial charge is 0.466 e. The molecule has 1 atom stereocenters. The monoisotopic (exact) mass is 486 g/mol. The molecule has 33 heavy (non-hydrogen) atoms. The van der Waals surface area contributed by atoms with Gasteiger partial charge in [0.2, 0.25) is 5.12 Å². The Balaban J connectivity index is 3.13. The van der Waals surface area contributed by atoms with Crippen molar-refractivity contribution in [2.75, 3.05) is 6.61 Å². The van der Waals surface area contributed by atoms with E-state index in [0.29, 0.717) is 6.61 Å². The minimum absolute atomic E-state index is 0.304. The van der Waals surface area contributed by atoms with Crippen LogP contribution in [0.1, 0.15) is 155 Å². The summed E-state index contributed by atoms with van der Waals surface area (Å²) < 4.78 is 5.02. The molecule has 0 amide bonds. The molecule has 1 unspecified atom stereocenters. The average molecular weight is 487 g/mol. The second-order valence-corrected chi connectivity index (χ2v) is 10.1. The van der Waals surface area contributed by atoms with Crippen LogP contribution in [-0.4, -0.2) is 28.9 Å². The van der Waals surface area contributed by atoms with E-state index in [1.807, 2.05) is 0 Å². The maximum absolute atomic E-state index is 11.4. The van der Waals surface area contributed by atoms with Gasteiger partial charge in [0.1, 0.15) is 6.10 Å². The van der Waals surface area contributed by atoms with E-state index in [1.54, 1.807) is 0 Å². The fourth-order valence-corrected chi connectivity index (χ4v) is 4.29. The molecule has 0 bridgehead atoms. The summed E-state index contributed by atoms with van der Waals surface area (Å²) >= 11 is 3.49. The first-order chi connectivity index (χ1) is 16.1. The van der Waals surface area contributed by atoms with E-state index in [-0.39, 0.29) is 6.42 Å². The number of rotatable bonds is 26. The molecule has 5 heteroatoms. The van der Waals surface area contributed by atoms with E-state index in [4.69, 9.17) is 4.74 Å². The minimum atomic E-state index is -1.36. The minimum Gasteiger partial charge on any atom is -0.466 e. The summed E-state index contributed by atoms with van der Waals surface area (Å²) in [5, 5.41) is 8.56. The number of aliphatic hydroxyl groups excluding tert-OH is 1. The fourth-order valence-electron chi connectivity index (χ4n) is 4.20. The van der Waals surface area contributed by atoms with Gasteiger partial charge in [-0.25, -0.2) is 0 Å². The Kier molecular flexibility index (Phi) is 25.6. The van der Waals surface area contributed by atoms with Crippen molar-refractivity contribution in [3.05, 3.63) is 0 Å². The first-order valence-corrected chi connectivity index (χ1v) is 14.6. The number of hydrogen-bond donors (Lipinski definition) is 2. The maximum atomic E-state index is 11.4. The Labute approximate surface area is 210 Å². The molecule has 0 saturated carbocycles. The molecule has 0 aliphatic heterocycles. The van der Waals surface area contributed by atoms with Crippen molar-refractivity contribution in [1.82, 2.24) is 0 Å². The van der Waals surface area contributed by atoms with Crippen LogP contribution in [0.5, 0.6) is 0 Å². The zero-order valence-corrected chi connectivity index (χ0v) is 22.6. The van der Waals surface area contributed by atoms with Crippen molar-refractivity contribution in [1.29, 1.82) is 0 Å². The van der Waals surface area contributed by atoms with E-state index in [2.05, 4.69) is 19.6 Å². The Bertz CT molecular complexity index is 442. The van der Waals surface area contributed by atoms with Crippen molar-refractivity contribution in [3.63, 3.8) is 0 Å². The van der Waals surface area contributed by atoms with Crippen LogP contribution < -0.4 is 0 Å². The van der Waals surface area contributed by atoms with E-state index in [0.717, 1.165) is 12.8 Å². The molecule has 0 aliphatic rings. The first-order valence-electron chi connectivity index (χ1n) is 14.1. The van der Waals surface area contributed by atoms with Crippen LogP contribution in [0.2, 0.25) is 0 Å². The highest BCUT2D eigenvalue weighted by molar-refractivity contribution is 7.96. The lowest BCUT2D eigenvalue weighted by Gasteiger charge is -2.07. The lowest BCUT2D eigenvalue weighted by atomic mass is 10.0. The number of carbonyl (C=O) groups is 2. The zero-order valence-electron chi connectivity index (χ0n) is 21.7. The zero-order chi connectivity index (χ0) is 24.4. The second kappa shape index (κ2) is 26.1. The normalized spacial score (nSPS) is 12.1. The van der Waals surface area contributed by atoms with Gasteiger partial charge in [0.15, 0.2) is 0 Å². The van der Waals surface area contributed by atoms with Gasteiger partial charge < -0.3 is 9.84 Å². The van der Waals surface area contributed by atoms with Crippen molar-refractivity contribution in [2.45, 2.75) is 161 Å². The van der Waals surface area contributed by atoms with Crippen LogP contribution in [0.15, 0.2) is 0 Å². The number of hydrogen-bond acceptors (Lipinski definition) is 4. The highest BCUT2D eigenvalue weighted by Gasteiger charge is 2.16. The molecule has 0 aromatic carbocycles. The predicted molar refractivity (Wildman–Crippen MR) is 143 cm³/mol. The number of thiol groups is 1. The Morgan fingerprint density at radius 2 is 0.909 bits per heavy atom. The molecule has 0 fully saturated rings. The van der Waals surface area contributed by atoms with Gasteiger partial charge in [0.05, 0.1) is 13.0 Å². The number of aliphatic hydroxyl groups is 1. The standard InChI is InChI=1S/C28H54O4S/c1-2-3-4-5-6-7-8-9-10-11-12-13-14-15-16-17-18-19-20-21-22-23-24-32-27(30)25-26(29)28(31)33/h26,29H,2-25H2,1H3,(H,31,33). The summed E-state index contributed by atoms with van der Waals surface area (Å²) in [6.07, 6.45) is 28.0. The number of esters is 1. The predicted octanol–water partition coefficient (Wildman–Crippen LogP) is 8.34. The summed E-state index contributed by atoms with van der Waals surface area (Å²) in [6, 6.07) is 0. The van der Waals surface area contributed by atoms with Gasteiger partial charge >= 0.3 is 5.97 Å². The van der Waals surface area contributed by atoms with Crippen molar-refractivity contribution in [2.24, 2.45) is 0 Å². The third kappa shape index (κ3) is 25.9. The Hall–Kier alpha value is -0.550. The summed E-state index contributed by atoms with van der Waals surface area (Å²) in [4.78, 5) is 22.2. The third-order valence-electron chi connectivity index (χ3n) is 6.41. The van der Waals surface area contributed by atoms with Gasteiger partial charge in [-0.05, 0) is 6.42 Å². The Morgan fingerprint density at radius 3 is 1.21 bits per heavy atom. The first kappa shape index (κ1) is 32.5. The summed E-state index contributed by atoms with van der Waals surface area (Å²) in [6.45, 7) is 2.65. The summed E-state index contributed by atoms with van der Waals surface area (Å²) in [5.74, 6) is -0.534. The van der Waals surface area contributed by atoms with Gasteiger partial charge in [-0.1, -0.05) is 142 Å². The maximum Gasteiger partial charge on any atom is 0.308 e. The van der Waals surface area contributed by atoms with E-state index in [1.165, 1.54) is 128 Å². The molecule has 1 N–H and O–H groups in total. The van der Waals surface area contributed by atoms with Crippen molar-refractivity contribution >= 4 is 23.7 Å². The van der Waals surface area contributed by atoms with Crippen LogP contribution in [0.4, 0.5) is 0 Å². The second-order valence-electron chi connectivity index (χ2n) is 9.70. The summed E-state index contributed by atoms with van der Waals surface area (Å²) in [5.41, 5.74) is 0. The van der Waals surface area contributed by atoms with Gasteiger partial charge in [-0.15, -0.1) is 12.6 Å². The lowest BCUT2D eigenvalue weighted by molar-refractivity contribution is -0.147. The molecule has 4 nitrogen and oxygen atoms in total. The topological polar surface area (TPSA) is 63.6 Å². The van der Waals surface area contributed by atoms with Gasteiger partial charge in [0.25, 0.3) is 0 Å². The number of unbranched alkanes of at least 4 members (excludes halogenated alkanes) is 21. The molecule has 0 aromatic heterocycles. The molecule has 0 saturated heterocycles. The van der Waals surface area contributed by atoms with Crippen molar-refractivity contribution in [3.8, 4) is 0 Å². The molecule has 0 aromatic rings. The molecular formula is C28H54O4S. The van der Waals surface area contributed by atoms with E-state index in [9.17, 15) is 14.7 Å². The van der Waals surface area contributed by atoms with Crippen LogP contribution >= 0.6 is 12.6 Å². The third-order valence-corrected chi connectivity index (χ3v) is 6.70. The smallest absolute Gasteiger partial charge is 0.308 e. The van der Waals surface area contributed by atoms with Crippen LogP contribution in [-0.2, 0) is 14.3 Å². The quantitative estimate of drug-likeness (QED) is 0.0732. The molecular weight excluding hydrogens is 432 g/mol. The highest BCUT2D eigenvalue weighted by atomic mass is 32.1. The van der Waals surface area contributed by atoms with Crippen LogP contribution in [0.3, 0.4) is 0 Å². The number of carbonyl (C=O) groups excluding carboxylic acids is 2. The van der Waals surface area contributed by atoms with Gasteiger partial charge in [-0.2, -0.15) is 0 Å². The number of ether oxygens (including phenoxy) is 1. The lowest BCUT2D eigenvalue weighted by Crippen LogP contribution is -2.21. The molecule has 0 radical (unpaired) electrons. The summed E-state index contributed by atoms with van der Waals surface area (Å²) in [7, 11) is 0. The molecule has 0 spiro atoms. The molecule has 196 valence electrons. The van der Waals surface area contributed by atoms with E-state index >= 15 is 0 Å². The van der Waals surface area contributed by atoms with Gasteiger partial charge in [-0.3, -0.25) is 9.59 Å². The van der Waals surface area contributed by atoms with Crippen LogP contribution in [0, 0.1) is 0 Å². The van der Waals surface area contributed by atoms with Crippen molar-refractivity contribution < 1.29 is 19.4 Å². The molecule has 0 aliphatic carbocycles. The molecule has 0 heterocycles. The van der Waals surface area contributed by atoms with Crippen LogP contribution in [0.25, 0.3) is 0 Å². The SMILES string of the molecule is CCCCCCCCCCCCCCCCCCCCCCCCOC(=O)CC(O)C(=O)S. The van der Waals surface area contributed by atoms with E-state index < -0.39 is 17.2 Å². The highest BCUT2D eigenvalue weighted by Crippen LogP contribution is 2.15. The molecule has 0 rings (SSSR count).